The largest absolute Gasteiger partial charge is 0.416 e. The molecular formula is C44H67Cl4F3N6O3. The van der Waals surface area contributed by atoms with E-state index in [1.54, 1.807) is 20.1 Å². The lowest BCUT2D eigenvalue weighted by molar-refractivity contribution is -0.137. The van der Waals surface area contributed by atoms with Gasteiger partial charge in [-0.15, -0.1) is 24.8 Å². The monoisotopic (exact) mass is 924 g/mol. The molecule has 0 unspecified atom stereocenters. The van der Waals surface area contributed by atoms with Crippen molar-refractivity contribution in [2.75, 3.05) is 109 Å². The van der Waals surface area contributed by atoms with Crippen LogP contribution in [0.4, 0.5) is 24.5 Å². The minimum Gasteiger partial charge on any atom is -0.385 e. The predicted molar refractivity (Wildman–Crippen MR) is 244 cm³/mol. The van der Waals surface area contributed by atoms with Crippen molar-refractivity contribution in [3.63, 3.8) is 0 Å². The number of amides is 1. The number of ether oxygens (including phenoxy) is 1. The maximum atomic E-state index is 13.0. The number of likely N-dealkylation sites (tertiary alicyclic amines) is 1. The molecule has 0 atom stereocenters. The second-order valence-electron chi connectivity index (χ2n) is 16.7. The third-order valence-corrected chi connectivity index (χ3v) is 13.2. The van der Waals surface area contributed by atoms with Gasteiger partial charge in [0.25, 0.3) is 0 Å². The molecule has 4 aliphatic rings. The Bertz CT molecular complexity index is 1560. The Hall–Kier alpha value is -2.03. The number of nitrogens with zero attached hydrogens (tertiary/aromatic N) is 5. The fraction of sp³-hybridized carbons (Fsp3) is 0.682. The summed E-state index contributed by atoms with van der Waals surface area (Å²) < 4.78 is 43.9. The summed E-state index contributed by atoms with van der Waals surface area (Å²) in [6.45, 7) is 14.7. The SMILES string of the molecule is CC(=O)CN1CCC(CCN2CCN(c3cccc(Cl)c3Cl)CC2)CC1.COCCCC(=O)NC1CCC(CCN2CCN(c3cccc(C(F)(F)F)c3)CC2)CC1.Cl.Cl. The van der Waals surface area contributed by atoms with Crippen LogP contribution in [0.25, 0.3) is 0 Å². The Morgan fingerprint density at radius 1 is 0.750 bits per heavy atom. The summed E-state index contributed by atoms with van der Waals surface area (Å²) in [7, 11) is 1.65. The zero-order chi connectivity index (χ0) is 41.5. The molecule has 1 aliphatic carbocycles. The third-order valence-electron chi connectivity index (χ3n) is 12.4. The van der Waals surface area contributed by atoms with Crippen LogP contribution < -0.4 is 15.1 Å². The van der Waals surface area contributed by atoms with Gasteiger partial charge >= 0.3 is 6.18 Å². The van der Waals surface area contributed by atoms with Crippen LogP contribution >= 0.6 is 48.0 Å². The molecule has 2 aromatic carbocycles. The highest BCUT2D eigenvalue weighted by atomic mass is 35.5. The van der Waals surface area contributed by atoms with Gasteiger partial charge in [0, 0.05) is 84.2 Å². The normalized spacial score (nSPS) is 21.0. The molecule has 0 bridgehead atoms. The number of carbonyl (C=O) groups is 2. The molecule has 0 spiro atoms. The van der Waals surface area contributed by atoms with Gasteiger partial charge in [0.05, 0.1) is 27.8 Å². The molecule has 60 heavy (non-hydrogen) atoms. The van der Waals surface area contributed by atoms with Gasteiger partial charge in [0.2, 0.25) is 5.91 Å². The lowest BCUT2D eigenvalue weighted by Gasteiger charge is -2.38. The Kier molecular flexibility index (Phi) is 23.2. The maximum Gasteiger partial charge on any atom is 0.416 e. The van der Waals surface area contributed by atoms with E-state index in [1.165, 1.54) is 37.9 Å². The molecule has 2 aromatic rings. The lowest BCUT2D eigenvalue weighted by Crippen LogP contribution is -2.47. The number of ketones is 1. The molecule has 4 fully saturated rings. The Morgan fingerprint density at radius 2 is 1.32 bits per heavy atom. The second kappa shape index (κ2) is 26.6. The molecule has 340 valence electrons. The average molecular weight is 927 g/mol. The molecule has 6 rings (SSSR count). The standard InChI is InChI=1S/C24H36F3N3O2.C20H29Cl2N3O.2ClH/c1-32-17-3-6-23(31)28-21-9-7-19(8-10-21)11-12-29-13-15-30(16-14-29)22-5-2-4-20(18-22)24(25,26)27;1-16(26)15-24-9-6-17(7-10-24)5-8-23-11-13-25(14-12-23)19-4-2-3-18(21)20(19)22;;/h2,4-5,18-19,21H,3,6-17H2,1H3,(H,28,31);2-4,17H,5-15H2,1H3;2*1H. The van der Waals surface area contributed by atoms with E-state index in [1.807, 2.05) is 17.0 Å². The first-order chi connectivity index (χ1) is 27.9. The summed E-state index contributed by atoms with van der Waals surface area (Å²) in [6.07, 6.45) is 6.25. The van der Waals surface area contributed by atoms with Gasteiger partial charge in [-0.2, -0.15) is 13.2 Å². The lowest BCUT2D eigenvalue weighted by atomic mass is 9.84. The van der Waals surface area contributed by atoms with Crippen LogP contribution in [-0.4, -0.2) is 131 Å². The smallest absolute Gasteiger partial charge is 0.385 e. The topological polar surface area (TPSA) is 71.6 Å². The molecule has 9 nitrogen and oxygen atoms in total. The number of hydrogen-bond donors (Lipinski definition) is 1. The molecule has 1 saturated carbocycles. The molecule has 16 heteroatoms. The Balaban J connectivity index is 0.000000316. The van der Waals surface area contributed by atoms with E-state index in [2.05, 4.69) is 31.0 Å². The van der Waals surface area contributed by atoms with Gasteiger partial charge in [-0.25, -0.2) is 0 Å². The molecule has 0 radical (unpaired) electrons. The molecular weight excluding hydrogens is 859 g/mol. The molecule has 3 saturated heterocycles. The highest BCUT2D eigenvalue weighted by molar-refractivity contribution is 6.43. The van der Waals surface area contributed by atoms with Crippen molar-refractivity contribution in [3.05, 3.63) is 58.1 Å². The first-order valence-electron chi connectivity index (χ1n) is 21.4. The summed E-state index contributed by atoms with van der Waals surface area (Å²) in [5, 5.41) is 4.45. The van der Waals surface area contributed by atoms with Gasteiger partial charge in [-0.05, 0) is 133 Å². The highest BCUT2D eigenvalue weighted by Crippen LogP contribution is 2.34. The van der Waals surface area contributed by atoms with Crippen LogP contribution in [0.15, 0.2) is 42.5 Å². The zero-order valence-corrected chi connectivity index (χ0v) is 38.6. The highest BCUT2D eigenvalue weighted by Gasteiger charge is 2.31. The minimum atomic E-state index is -4.30. The Morgan fingerprint density at radius 3 is 1.88 bits per heavy atom. The summed E-state index contributed by atoms with van der Waals surface area (Å²) >= 11 is 12.5. The molecule has 3 heterocycles. The van der Waals surface area contributed by atoms with Crippen molar-refractivity contribution in [2.24, 2.45) is 11.8 Å². The van der Waals surface area contributed by atoms with Crippen molar-refractivity contribution >= 4 is 71.1 Å². The average Bonchev–Trinajstić information content (AvgIpc) is 3.22. The number of benzene rings is 2. The van der Waals surface area contributed by atoms with Crippen LogP contribution in [0.5, 0.6) is 0 Å². The summed E-state index contributed by atoms with van der Waals surface area (Å²) in [5.74, 6) is 1.90. The first-order valence-corrected chi connectivity index (χ1v) is 22.2. The third kappa shape index (κ3) is 17.3. The van der Waals surface area contributed by atoms with Gasteiger partial charge in [0.15, 0.2) is 0 Å². The van der Waals surface area contributed by atoms with E-state index in [0.29, 0.717) is 47.3 Å². The van der Waals surface area contributed by atoms with E-state index in [0.717, 1.165) is 128 Å². The van der Waals surface area contributed by atoms with Crippen LogP contribution in [-0.2, 0) is 20.5 Å². The maximum absolute atomic E-state index is 13.0. The molecule has 1 N–H and O–H groups in total. The number of hydrogen-bond acceptors (Lipinski definition) is 8. The number of anilines is 2. The van der Waals surface area contributed by atoms with Gasteiger partial charge < -0.3 is 19.9 Å². The van der Waals surface area contributed by atoms with Crippen molar-refractivity contribution in [2.45, 2.75) is 83.4 Å². The van der Waals surface area contributed by atoms with Crippen molar-refractivity contribution in [3.8, 4) is 0 Å². The fourth-order valence-electron chi connectivity index (χ4n) is 8.81. The fourth-order valence-corrected chi connectivity index (χ4v) is 9.22. The van der Waals surface area contributed by atoms with Gasteiger partial charge in [-0.3, -0.25) is 24.3 Å². The molecule has 0 aromatic heterocycles. The van der Waals surface area contributed by atoms with E-state index >= 15 is 0 Å². The van der Waals surface area contributed by atoms with E-state index in [4.69, 9.17) is 27.9 Å². The molecule has 1 amide bonds. The number of methoxy groups -OCH3 is 1. The van der Waals surface area contributed by atoms with Crippen LogP contribution in [0.1, 0.15) is 76.7 Å². The predicted octanol–water partition coefficient (Wildman–Crippen LogP) is 8.97. The zero-order valence-electron chi connectivity index (χ0n) is 35.4. The summed E-state index contributed by atoms with van der Waals surface area (Å²) in [6, 6.07) is 11.8. The number of piperidine rings is 1. The summed E-state index contributed by atoms with van der Waals surface area (Å²) in [5.41, 5.74) is 1.12. The van der Waals surface area contributed by atoms with Crippen LogP contribution in [0.2, 0.25) is 10.0 Å². The quantitative estimate of drug-likeness (QED) is 0.178. The number of nitrogens with one attached hydrogen (secondary N) is 1. The van der Waals surface area contributed by atoms with Crippen molar-refractivity contribution < 1.29 is 27.5 Å². The van der Waals surface area contributed by atoms with E-state index in [-0.39, 0.29) is 36.5 Å². The number of piperazine rings is 2. The summed E-state index contributed by atoms with van der Waals surface area (Å²) in [4.78, 5) is 34.9. The van der Waals surface area contributed by atoms with Crippen molar-refractivity contribution in [1.82, 2.24) is 20.0 Å². The van der Waals surface area contributed by atoms with Gasteiger partial charge in [-0.1, -0.05) is 35.3 Å². The number of Topliss-reactive ketones (excluding diaryl/α,β-unsaturated/α-hetero) is 1. The molecule has 3 aliphatic heterocycles. The number of rotatable bonds is 15. The number of halogens is 7. The number of alkyl halides is 3. The number of carbonyl (C=O) groups excluding carboxylic acids is 2. The Labute approximate surface area is 378 Å². The van der Waals surface area contributed by atoms with E-state index in [9.17, 15) is 22.8 Å². The van der Waals surface area contributed by atoms with Crippen LogP contribution in [0.3, 0.4) is 0 Å². The minimum absolute atomic E-state index is 0. The second-order valence-corrected chi connectivity index (χ2v) is 17.4. The van der Waals surface area contributed by atoms with Gasteiger partial charge in [0.1, 0.15) is 5.78 Å². The first kappa shape index (κ1) is 52.3. The van der Waals surface area contributed by atoms with Crippen LogP contribution in [0, 0.1) is 11.8 Å². The van der Waals surface area contributed by atoms with Crippen molar-refractivity contribution in [1.29, 1.82) is 0 Å². The van der Waals surface area contributed by atoms with E-state index < -0.39 is 11.7 Å².